The third-order valence-electron chi connectivity index (χ3n) is 3.92. The van der Waals surface area contributed by atoms with E-state index in [0.717, 1.165) is 32.0 Å². The Morgan fingerprint density at radius 3 is 2.79 bits per heavy atom. The molecule has 2 fully saturated rings. The molecule has 1 N–H and O–H groups in total. The van der Waals surface area contributed by atoms with E-state index in [9.17, 15) is 4.79 Å². The summed E-state index contributed by atoms with van der Waals surface area (Å²) >= 11 is 0. The Labute approximate surface area is 122 Å². The normalized spacial score (nSPS) is 22.1. The zero-order valence-electron chi connectivity index (χ0n) is 11.9. The van der Waals surface area contributed by atoms with Gasteiger partial charge in [0, 0.05) is 32.7 Å². The lowest BCUT2D eigenvalue weighted by Crippen LogP contribution is -2.32. The van der Waals surface area contributed by atoms with Crippen LogP contribution in [0.5, 0.6) is 0 Å². The molecule has 2 rings (SSSR count). The van der Waals surface area contributed by atoms with Crippen molar-refractivity contribution in [3.05, 3.63) is 0 Å². The Bertz CT molecular complexity index is 266. The third kappa shape index (κ3) is 6.59. The molecule has 2 aliphatic rings. The number of nitrogens with zero attached hydrogens (tertiary/aromatic N) is 1. The van der Waals surface area contributed by atoms with Gasteiger partial charge < -0.3 is 15.0 Å². The molecule has 1 saturated carbocycles. The van der Waals surface area contributed by atoms with E-state index in [0.29, 0.717) is 19.1 Å². The minimum Gasteiger partial charge on any atom is -0.379 e. The zero-order chi connectivity index (χ0) is 12.8. The van der Waals surface area contributed by atoms with E-state index in [1.165, 1.54) is 25.7 Å². The average Bonchev–Trinajstić information content (AvgIpc) is 3.05. The van der Waals surface area contributed by atoms with Gasteiger partial charge in [-0.2, -0.15) is 0 Å². The number of hydrogen-bond acceptors (Lipinski definition) is 3. The first kappa shape index (κ1) is 16.7. The molecular weight excluding hydrogens is 264 g/mol. The van der Waals surface area contributed by atoms with Crippen LogP contribution in [0.2, 0.25) is 0 Å². The average molecular weight is 291 g/mol. The van der Waals surface area contributed by atoms with E-state index >= 15 is 0 Å². The van der Waals surface area contributed by atoms with Crippen molar-refractivity contribution < 1.29 is 9.53 Å². The third-order valence-corrected chi connectivity index (χ3v) is 3.92. The van der Waals surface area contributed by atoms with Crippen LogP contribution in [-0.4, -0.2) is 50.2 Å². The second-order valence-corrected chi connectivity index (χ2v) is 5.67. The van der Waals surface area contributed by atoms with Crippen LogP contribution < -0.4 is 5.32 Å². The number of likely N-dealkylation sites (N-methyl/N-ethyl adjacent to an activating group) is 1. The van der Waals surface area contributed by atoms with Gasteiger partial charge in [-0.15, -0.1) is 12.4 Å². The smallest absolute Gasteiger partial charge is 0.222 e. The maximum Gasteiger partial charge on any atom is 0.222 e. The van der Waals surface area contributed by atoms with Gasteiger partial charge in [0.2, 0.25) is 5.91 Å². The van der Waals surface area contributed by atoms with Gasteiger partial charge in [-0.1, -0.05) is 0 Å². The second kappa shape index (κ2) is 8.77. The number of ether oxygens (including phenoxy) is 1. The topological polar surface area (TPSA) is 41.6 Å². The second-order valence-electron chi connectivity index (χ2n) is 5.67. The Morgan fingerprint density at radius 2 is 2.16 bits per heavy atom. The Kier molecular flexibility index (Phi) is 7.73. The lowest BCUT2D eigenvalue weighted by molar-refractivity contribution is -0.130. The summed E-state index contributed by atoms with van der Waals surface area (Å²) in [5, 5.41) is 3.43. The van der Waals surface area contributed by atoms with Crippen molar-refractivity contribution >= 4 is 18.3 Å². The molecule has 0 aromatic carbocycles. The summed E-state index contributed by atoms with van der Waals surface area (Å²) in [6.45, 7) is 3.40. The monoisotopic (exact) mass is 290 g/mol. The molecule has 0 bridgehead atoms. The Hall–Kier alpha value is -0.320. The van der Waals surface area contributed by atoms with Gasteiger partial charge in [-0.25, -0.2) is 0 Å². The summed E-state index contributed by atoms with van der Waals surface area (Å²) in [7, 11) is 1.88. The maximum atomic E-state index is 11.9. The number of hydrogen-bond donors (Lipinski definition) is 1. The van der Waals surface area contributed by atoms with Crippen LogP contribution in [0.3, 0.4) is 0 Å². The van der Waals surface area contributed by atoms with Crippen LogP contribution in [0.25, 0.3) is 0 Å². The van der Waals surface area contributed by atoms with Crippen LogP contribution in [0.15, 0.2) is 0 Å². The fourth-order valence-corrected chi connectivity index (χ4v) is 2.35. The van der Waals surface area contributed by atoms with Crippen molar-refractivity contribution in [2.24, 2.45) is 5.92 Å². The van der Waals surface area contributed by atoms with Gasteiger partial charge >= 0.3 is 0 Å². The standard InChI is InChI=1S/C14H26N2O2.ClH/c1-16(9-10-18-11-12-4-5-12)14(17)7-6-13-3-2-8-15-13;/h12-13,15H,2-11H2,1H3;1H. The van der Waals surface area contributed by atoms with Gasteiger partial charge in [0.1, 0.15) is 0 Å². The van der Waals surface area contributed by atoms with Crippen molar-refractivity contribution in [2.45, 2.75) is 44.6 Å². The fourth-order valence-electron chi connectivity index (χ4n) is 2.35. The number of amides is 1. The first-order chi connectivity index (χ1) is 8.75. The van der Waals surface area contributed by atoms with E-state index in [2.05, 4.69) is 5.32 Å². The summed E-state index contributed by atoms with van der Waals surface area (Å²) in [6.07, 6.45) is 6.76. The lowest BCUT2D eigenvalue weighted by atomic mass is 10.1. The Balaban J connectivity index is 0.00000180. The minimum absolute atomic E-state index is 0. The zero-order valence-corrected chi connectivity index (χ0v) is 12.7. The van der Waals surface area contributed by atoms with Gasteiger partial charge in [0.05, 0.1) is 6.61 Å². The van der Waals surface area contributed by atoms with Crippen LogP contribution in [0, 0.1) is 5.92 Å². The molecule has 1 unspecified atom stereocenters. The molecular formula is C14H27ClN2O2. The summed E-state index contributed by atoms with van der Waals surface area (Å²) in [5.74, 6) is 1.05. The van der Waals surface area contributed by atoms with Crippen LogP contribution in [-0.2, 0) is 9.53 Å². The molecule has 112 valence electrons. The van der Waals surface area contributed by atoms with Crippen molar-refractivity contribution in [1.29, 1.82) is 0 Å². The fraction of sp³-hybridized carbons (Fsp3) is 0.929. The van der Waals surface area contributed by atoms with Crippen molar-refractivity contribution in [1.82, 2.24) is 10.2 Å². The molecule has 0 aromatic rings. The van der Waals surface area contributed by atoms with E-state index in [1.807, 2.05) is 11.9 Å². The molecule has 1 heterocycles. The van der Waals surface area contributed by atoms with Crippen molar-refractivity contribution in [3.63, 3.8) is 0 Å². The van der Waals surface area contributed by atoms with Gasteiger partial charge in [-0.3, -0.25) is 4.79 Å². The van der Waals surface area contributed by atoms with Crippen LogP contribution in [0.4, 0.5) is 0 Å². The molecule has 1 atom stereocenters. The van der Waals surface area contributed by atoms with Gasteiger partial charge in [-0.05, 0) is 44.6 Å². The largest absolute Gasteiger partial charge is 0.379 e. The van der Waals surface area contributed by atoms with Crippen LogP contribution >= 0.6 is 12.4 Å². The Morgan fingerprint density at radius 1 is 1.37 bits per heavy atom. The highest BCUT2D eigenvalue weighted by molar-refractivity contribution is 5.85. The maximum absolute atomic E-state index is 11.9. The summed E-state index contributed by atoms with van der Waals surface area (Å²) < 4.78 is 5.55. The lowest BCUT2D eigenvalue weighted by Gasteiger charge is -2.18. The van der Waals surface area contributed by atoms with Crippen molar-refractivity contribution in [2.75, 3.05) is 33.4 Å². The molecule has 1 aliphatic carbocycles. The molecule has 1 aliphatic heterocycles. The SMILES string of the molecule is CN(CCOCC1CC1)C(=O)CCC1CCCN1.Cl. The molecule has 0 aromatic heterocycles. The summed E-state index contributed by atoms with van der Waals surface area (Å²) in [6, 6.07) is 0.563. The van der Waals surface area contributed by atoms with E-state index in [-0.39, 0.29) is 18.3 Å². The number of carbonyl (C=O) groups excluding carboxylic acids is 1. The van der Waals surface area contributed by atoms with E-state index < -0.39 is 0 Å². The molecule has 5 heteroatoms. The first-order valence-electron chi connectivity index (χ1n) is 7.31. The quantitative estimate of drug-likeness (QED) is 0.694. The predicted octanol–water partition coefficient (Wildman–Crippen LogP) is 1.83. The van der Waals surface area contributed by atoms with E-state index in [1.54, 1.807) is 0 Å². The molecule has 1 saturated heterocycles. The highest BCUT2D eigenvalue weighted by Crippen LogP contribution is 2.28. The molecule has 0 spiro atoms. The summed E-state index contributed by atoms with van der Waals surface area (Å²) in [4.78, 5) is 13.7. The van der Waals surface area contributed by atoms with Gasteiger partial charge in [0.25, 0.3) is 0 Å². The van der Waals surface area contributed by atoms with E-state index in [4.69, 9.17) is 4.74 Å². The van der Waals surface area contributed by atoms with Crippen LogP contribution in [0.1, 0.15) is 38.5 Å². The summed E-state index contributed by atoms with van der Waals surface area (Å²) in [5.41, 5.74) is 0. The number of carbonyl (C=O) groups is 1. The predicted molar refractivity (Wildman–Crippen MR) is 78.7 cm³/mol. The van der Waals surface area contributed by atoms with Gasteiger partial charge in [0.15, 0.2) is 0 Å². The highest BCUT2D eigenvalue weighted by atomic mass is 35.5. The number of nitrogens with one attached hydrogen (secondary N) is 1. The molecule has 1 amide bonds. The first-order valence-corrected chi connectivity index (χ1v) is 7.31. The van der Waals surface area contributed by atoms with Crippen molar-refractivity contribution in [3.8, 4) is 0 Å². The molecule has 4 nitrogen and oxygen atoms in total. The minimum atomic E-state index is 0. The number of halogens is 1. The number of rotatable bonds is 8. The molecule has 0 radical (unpaired) electrons. The highest BCUT2D eigenvalue weighted by Gasteiger charge is 2.21. The molecule has 19 heavy (non-hydrogen) atoms.